The van der Waals surface area contributed by atoms with E-state index < -0.39 is 0 Å². The SMILES string of the molecule is OC1CC2CC1C1C3CC(C4C5CC(C6CCCC65)C34)[C@@H]21. The maximum absolute atomic E-state index is 10.4. The topological polar surface area (TPSA) is 20.2 Å². The normalized spacial score (nSPS) is 75.0. The van der Waals surface area contributed by atoms with E-state index in [1.807, 2.05) is 0 Å². The Kier molecular flexibility index (Phi) is 1.86. The molecule has 21 heavy (non-hydrogen) atoms. The molecule has 1 nitrogen and oxygen atoms in total. The molecule has 0 radical (unpaired) electrons. The highest BCUT2D eigenvalue weighted by Gasteiger charge is 2.74. The Morgan fingerprint density at radius 1 is 0.524 bits per heavy atom. The summed E-state index contributed by atoms with van der Waals surface area (Å²) in [6.45, 7) is 0. The van der Waals surface area contributed by atoms with Crippen LogP contribution in [0.4, 0.5) is 0 Å². The molecule has 0 amide bonds. The second-order valence-corrected chi connectivity index (χ2v) is 10.2. The Labute approximate surface area is 127 Å². The highest BCUT2D eigenvalue weighted by Crippen LogP contribution is 2.79. The first-order chi connectivity index (χ1) is 10.3. The summed E-state index contributed by atoms with van der Waals surface area (Å²) >= 11 is 0. The van der Waals surface area contributed by atoms with Crippen LogP contribution < -0.4 is 0 Å². The molecule has 0 aromatic rings. The summed E-state index contributed by atoms with van der Waals surface area (Å²) in [6.07, 6.45) is 10.6. The molecule has 7 aliphatic rings. The fraction of sp³-hybridized carbons (Fsp3) is 1.00. The van der Waals surface area contributed by atoms with E-state index in [2.05, 4.69) is 0 Å². The second kappa shape index (κ2) is 3.40. The van der Waals surface area contributed by atoms with Crippen LogP contribution in [0.1, 0.15) is 44.9 Å². The lowest BCUT2D eigenvalue weighted by molar-refractivity contribution is -0.0396. The van der Waals surface area contributed by atoms with Crippen LogP contribution in [0.3, 0.4) is 0 Å². The van der Waals surface area contributed by atoms with Crippen LogP contribution in [0.25, 0.3) is 0 Å². The summed E-state index contributed by atoms with van der Waals surface area (Å²) in [5.74, 6) is 12.8. The fourth-order valence-electron chi connectivity index (χ4n) is 10.5. The molecule has 0 saturated heterocycles. The number of aliphatic hydroxyl groups excluding tert-OH is 1. The molecule has 0 heterocycles. The fourth-order valence-corrected chi connectivity index (χ4v) is 10.5. The van der Waals surface area contributed by atoms with Crippen molar-refractivity contribution in [2.45, 2.75) is 51.0 Å². The van der Waals surface area contributed by atoms with Gasteiger partial charge in [0.2, 0.25) is 0 Å². The molecule has 7 fully saturated rings. The monoisotopic (exact) mass is 284 g/mol. The lowest BCUT2D eigenvalue weighted by atomic mass is 9.56. The smallest absolute Gasteiger partial charge is 0.0574 e. The van der Waals surface area contributed by atoms with Crippen molar-refractivity contribution in [3.8, 4) is 0 Å². The number of fused-ring (bicyclic) bond motifs is 19. The predicted molar refractivity (Wildman–Crippen MR) is 80.2 cm³/mol. The van der Waals surface area contributed by atoms with Gasteiger partial charge in [-0.1, -0.05) is 6.42 Å². The van der Waals surface area contributed by atoms with Gasteiger partial charge < -0.3 is 5.11 Å². The van der Waals surface area contributed by atoms with E-state index in [9.17, 15) is 5.11 Å². The average molecular weight is 284 g/mol. The molecule has 0 spiro atoms. The minimum Gasteiger partial charge on any atom is -0.393 e. The molecule has 7 saturated carbocycles. The van der Waals surface area contributed by atoms with Crippen molar-refractivity contribution >= 4 is 0 Å². The highest BCUT2D eigenvalue weighted by atomic mass is 16.3. The van der Waals surface area contributed by atoms with E-state index in [1.165, 1.54) is 18.8 Å². The summed E-state index contributed by atoms with van der Waals surface area (Å²) in [7, 11) is 0. The lowest BCUT2D eigenvalue weighted by Crippen LogP contribution is -2.46. The Morgan fingerprint density at radius 3 is 1.90 bits per heavy atom. The van der Waals surface area contributed by atoms with E-state index in [-0.39, 0.29) is 6.10 Å². The molecular weight excluding hydrogens is 256 g/mol. The maximum Gasteiger partial charge on any atom is 0.0574 e. The van der Waals surface area contributed by atoms with Gasteiger partial charge in [0.1, 0.15) is 0 Å². The van der Waals surface area contributed by atoms with Crippen molar-refractivity contribution < 1.29 is 5.11 Å². The van der Waals surface area contributed by atoms with E-state index in [0.717, 1.165) is 65.1 Å². The molecule has 0 aliphatic heterocycles. The molecule has 13 atom stereocenters. The maximum atomic E-state index is 10.4. The molecule has 0 aromatic heterocycles. The third-order valence-corrected chi connectivity index (χ3v) is 10.3. The summed E-state index contributed by atoms with van der Waals surface area (Å²) in [5, 5.41) is 10.4. The second-order valence-electron chi connectivity index (χ2n) is 10.2. The van der Waals surface area contributed by atoms with Crippen molar-refractivity contribution in [2.75, 3.05) is 0 Å². The van der Waals surface area contributed by atoms with E-state index in [0.29, 0.717) is 0 Å². The average Bonchev–Trinajstić information content (AvgIpc) is 3.24. The number of aliphatic hydroxyl groups is 1. The zero-order chi connectivity index (χ0) is 13.5. The quantitative estimate of drug-likeness (QED) is 0.674. The van der Waals surface area contributed by atoms with E-state index in [1.54, 1.807) is 32.1 Å². The number of rotatable bonds is 0. The van der Waals surface area contributed by atoms with E-state index in [4.69, 9.17) is 0 Å². The number of hydrogen-bond donors (Lipinski definition) is 1. The lowest BCUT2D eigenvalue weighted by Gasteiger charge is -2.48. The van der Waals surface area contributed by atoms with Gasteiger partial charge in [-0.25, -0.2) is 0 Å². The first-order valence-electron chi connectivity index (χ1n) is 10.0. The molecule has 7 aliphatic carbocycles. The van der Waals surface area contributed by atoms with Crippen molar-refractivity contribution in [3.05, 3.63) is 0 Å². The first-order valence-corrected chi connectivity index (χ1v) is 10.0. The van der Waals surface area contributed by atoms with Crippen LogP contribution in [-0.4, -0.2) is 11.2 Å². The van der Waals surface area contributed by atoms with Gasteiger partial charge >= 0.3 is 0 Å². The summed E-state index contributed by atoms with van der Waals surface area (Å²) in [4.78, 5) is 0. The third kappa shape index (κ3) is 1.06. The predicted octanol–water partition coefficient (Wildman–Crippen LogP) is 3.57. The highest BCUT2D eigenvalue weighted by molar-refractivity contribution is 5.22. The summed E-state index contributed by atoms with van der Waals surface area (Å²) in [6, 6.07) is 0. The van der Waals surface area contributed by atoms with Gasteiger partial charge in [-0.05, 0) is 110 Å². The van der Waals surface area contributed by atoms with Crippen LogP contribution in [-0.2, 0) is 0 Å². The van der Waals surface area contributed by atoms with Gasteiger partial charge in [-0.15, -0.1) is 0 Å². The van der Waals surface area contributed by atoms with Crippen LogP contribution in [0, 0.1) is 71.0 Å². The minimum absolute atomic E-state index is 0.0897. The Bertz CT molecular complexity index is 514. The molecule has 1 N–H and O–H groups in total. The Balaban J connectivity index is 1.32. The Hall–Kier alpha value is -0.0400. The number of hydrogen-bond acceptors (Lipinski definition) is 1. The summed E-state index contributed by atoms with van der Waals surface area (Å²) in [5.41, 5.74) is 0. The van der Waals surface area contributed by atoms with E-state index >= 15 is 0 Å². The molecule has 1 heteroatoms. The van der Waals surface area contributed by atoms with Crippen LogP contribution in [0.2, 0.25) is 0 Å². The zero-order valence-corrected chi connectivity index (χ0v) is 12.9. The molecule has 0 aromatic carbocycles. The van der Waals surface area contributed by atoms with Crippen molar-refractivity contribution in [2.24, 2.45) is 71.0 Å². The van der Waals surface area contributed by atoms with Gasteiger partial charge in [-0.3, -0.25) is 0 Å². The molecule has 6 bridgehead atoms. The molecule has 7 rings (SSSR count). The van der Waals surface area contributed by atoms with Crippen molar-refractivity contribution in [1.29, 1.82) is 0 Å². The Morgan fingerprint density at radius 2 is 1.14 bits per heavy atom. The molecule has 12 unspecified atom stereocenters. The minimum atomic E-state index is 0.0897. The largest absolute Gasteiger partial charge is 0.393 e. The van der Waals surface area contributed by atoms with Crippen molar-refractivity contribution in [1.82, 2.24) is 0 Å². The third-order valence-electron chi connectivity index (χ3n) is 10.3. The van der Waals surface area contributed by atoms with Gasteiger partial charge in [0.05, 0.1) is 6.10 Å². The van der Waals surface area contributed by atoms with Gasteiger partial charge in [0.15, 0.2) is 0 Å². The van der Waals surface area contributed by atoms with Gasteiger partial charge in [-0.2, -0.15) is 0 Å². The van der Waals surface area contributed by atoms with Gasteiger partial charge in [0.25, 0.3) is 0 Å². The van der Waals surface area contributed by atoms with Crippen molar-refractivity contribution in [3.63, 3.8) is 0 Å². The van der Waals surface area contributed by atoms with Crippen LogP contribution in [0.5, 0.6) is 0 Å². The molecular formula is C20H28O. The standard InChI is InChI=1S/C20H28O/c21-16-5-8-4-13(16)20-15-7-14(17(8)20)18-11-6-12(19(15)18)10-3-1-2-9(10)11/h8-21H,1-7H2/t8?,9?,10?,11?,12?,13?,14?,15?,16?,17-,18?,19?,20?/m1/s1. The summed E-state index contributed by atoms with van der Waals surface area (Å²) < 4.78 is 0. The van der Waals surface area contributed by atoms with Crippen LogP contribution in [0.15, 0.2) is 0 Å². The van der Waals surface area contributed by atoms with Gasteiger partial charge in [0, 0.05) is 0 Å². The first kappa shape index (κ1) is 11.5. The van der Waals surface area contributed by atoms with Crippen LogP contribution >= 0.6 is 0 Å². The zero-order valence-electron chi connectivity index (χ0n) is 12.9. The molecule has 114 valence electrons.